The van der Waals surface area contributed by atoms with Crippen LogP contribution in [0.1, 0.15) is 32.4 Å². The lowest BCUT2D eigenvalue weighted by Gasteiger charge is -2.24. The van der Waals surface area contributed by atoms with E-state index in [1.54, 1.807) is 0 Å². The maximum absolute atomic E-state index is 6.07. The van der Waals surface area contributed by atoms with Crippen LogP contribution in [0.15, 0.2) is 12.5 Å². The Balaban J connectivity index is 1.98. The second kappa shape index (κ2) is 5.19. The van der Waals surface area contributed by atoms with Gasteiger partial charge in [-0.25, -0.2) is 4.98 Å². The molecule has 4 nitrogen and oxygen atoms in total. The molecule has 0 radical (unpaired) electrons. The third kappa shape index (κ3) is 3.82. The highest BCUT2D eigenvalue weighted by atomic mass is 16.5. The number of hydrogen-bond acceptors (Lipinski definition) is 3. The molecule has 2 heterocycles. The molecule has 1 aromatic heterocycles. The van der Waals surface area contributed by atoms with E-state index in [9.17, 15) is 0 Å². The number of nitrogens with zero attached hydrogens (tertiary/aromatic N) is 2. The first kappa shape index (κ1) is 12.6. The third-order valence-corrected chi connectivity index (χ3v) is 3.23. The van der Waals surface area contributed by atoms with Crippen molar-refractivity contribution in [1.29, 1.82) is 0 Å². The Morgan fingerprint density at radius 1 is 1.47 bits per heavy atom. The van der Waals surface area contributed by atoms with Gasteiger partial charge in [0.05, 0.1) is 6.33 Å². The number of ether oxygens (including phenoxy) is 1. The van der Waals surface area contributed by atoms with Crippen LogP contribution in [0.25, 0.3) is 0 Å². The van der Waals surface area contributed by atoms with E-state index in [2.05, 4.69) is 23.4 Å². The maximum Gasteiger partial charge on any atom is 0.0948 e. The van der Waals surface area contributed by atoms with Gasteiger partial charge in [0.15, 0.2) is 0 Å². The van der Waals surface area contributed by atoms with E-state index in [0.29, 0.717) is 0 Å². The normalized spacial score (nSPS) is 18.5. The number of aromatic nitrogens is 2. The molecule has 0 aliphatic carbocycles. The predicted octanol–water partition coefficient (Wildman–Crippen LogP) is 1.59. The molecule has 0 unspecified atom stereocenters. The zero-order valence-corrected chi connectivity index (χ0v) is 10.9. The summed E-state index contributed by atoms with van der Waals surface area (Å²) in [5, 5.41) is 0. The Kier molecular flexibility index (Phi) is 3.84. The van der Waals surface area contributed by atoms with Crippen molar-refractivity contribution in [3.63, 3.8) is 0 Å². The van der Waals surface area contributed by atoms with Crippen molar-refractivity contribution in [1.82, 2.24) is 9.55 Å². The highest BCUT2D eigenvalue weighted by molar-refractivity contribution is 5.03. The van der Waals surface area contributed by atoms with E-state index in [1.807, 2.05) is 12.5 Å². The lowest BCUT2D eigenvalue weighted by Crippen LogP contribution is -2.35. The first-order chi connectivity index (χ1) is 8.04. The van der Waals surface area contributed by atoms with Crippen LogP contribution in [0, 0.1) is 5.92 Å². The molecule has 0 bridgehead atoms. The van der Waals surface area contributed by atoms with Crippen LogP contribution in [0.5, 0.6) is 0 Å². The van der Waals surface area contributed by atoms with Gasteiger partial charge in [0.2, 0.25) is 0 Å². The van der Waals surface area contributed by atoms with Gasteiger partial charge in [0.1, 0.15) is 0 Å². The van der Waals surface area contributed by atoms with E-state index >= 15 is 0 Å². The van der Waals surface area contributed by atoms with Crippen LogP contribution < -0.4 is 5.73 Å². The molecule has 96 valence electrons. The monoisotopic (exact) mass is 237 g/mol. The van der Waals surface area contributed by atoms with Gasteiger partial charge in [-0.05, 0) is 32.6 Å². The first-order valence-electron chi connectivity index (χ1n) is 6.40. The molecule has 0 spiro atoms. The Morgan fingerprint density at radius 3 is 2.82 bits per heavy atom. The van der Waals surface area contributed by atoms with E-state index in [-0.39, 0.29) is 5.54 Å². The van der Waals surface area contributed by atoms with Crippen molar-refractivity contribution >= 4 is 0 Å². The summed E-state index contributed by atoms with van der Waals surface area (Å²) in [6.45, 7) is 6.96. The fraction of sp³-hybridized carbons (Fsp3) is 0.769. The summed E-state index contributed by atoms with van der Waals surface area (Å²) in [5.41, 5.74) is 7.13. The van der Waals surface area contributed by atoms with Crippen molar-refractivity contribution in [2.45, 2.75) is 45.2 Å². The molecule has 0 aromatic carbocycles. The SMILES string of the molecule is CC(C)(N)Cc1cncn1CC1CCOCC1. The predicted molar refractivity (Wildman–Crippen MR) is 67.7 cm³/mol. The Labute approximate surface area is 103 Å². The van der Waals surface area contributed by atoms with Gasteiger partial charge in [-0.3, -0.25) is 0 Å². The lowest BCUT2D eigenvalue weighted by atomic mass is 9.98. The van der Waals surface area contributed by atoms with Crippen LogP contribution in [0.3, 0.4) is 0 Å². The van der Waals surface area contributed by atoms with Crippen molar-refractivity contribution in [3.8, 4) is 0 Å². The first-order valence-corrected chi connectivity index (χ1v) is 6.40. The van der Waals surface area contributed by atoms with E-state index in [0.717, 1.165) is 44.9 Å². The van der Waals surface area contributed by atoms with Gasteiger partial charge >= 0.3 is 0 Å². The molecule has 1 aliphatic rings. The minimum absolute atomic E-state index is 0.173. The Hall–Kier alpha value is -0.870. The molecule has 0 amide bonds. The Bertz CT molecular complexity index is 348. The highest BCUT2D eigenvalue weighted by Crippen LogP contribution is 2.19. The van der Waals surface area contributed by atoms with Crippen molar-refractivity contribution < 1.29 is 4.74 Å². The molecule has 0 atom stereocenters. The third-order valence-electron chi connectivity index (χ3n) is 3.23. The molecule has 1 saturated heterocycles. The summed E-state index contributed by atoms with van der Waals surface area (Å²) in [5.74, 6) is 0.720. The number of nitrogens with two attached hydrogens (primary N) is 1. The maximum atomic E-state index is 6.07. The standard InChI is InChI=1S/C13H23N3O/c1-13(2,14)7-12-8-15-10-16(12)9-11-3-5-17-6-4-11/h8,10-11H,3-7,9,14H2,1-2H3. The molecule has 1 aliphatic heterocycles. The molecule has 1 fully saturated rings. The van der Waals surface area contributed by atoms with Gasteiger partial charge in [0, 0.05) is 43.6 Å². The topological polar surface area (TPSA) is 53.1 Å². The van der Waals surface area contributed by atoms with Crippen LogP contribution in [0.4, 0.5) is 0 Å². The smallest absolute Gasteiger partial charge is 0.0948 e. The zero-order chi connectivity index (χ0) is 12.3. The van der Waals surface area contributed by atoms with Gasteiger partial charge in [0.25, 0.3) is 0 Å². The number of imidazole rings is 1. The fourth-order valence-corrected chi connectivity index (χ4v) is 2.33. The van der Waals surface area contributed by atoms with Crippen LogP contribution in [-0.4, -0.2) is 28.3 Å². The molecular weight excluding hydrogens is 214 g/mol. The van der Waals surface area contributed by atoms with Crippen LogP contribution in [-0.2, 0) is 17.7 Å². The molecule has 4 heteroatoms. The van der Waals surface area contributed by atoms with Gasteiger partial charge in [-0.1, -0.05) is 0 Å². The second-order valence-electron chi connectivity index (χ2n) is 5.76. The van der Waals surface area contributed by atoms with Crippen molar-refractivity contribution in [2.24, 2.45) is 11.7 Å². The molecule has 0 saturated carbocycles. The highest BCUT2D eigenvalue weighted by Gasteiger charge is 2.18. The van der Waals surface area contributed by atoms with E-state index < -0.39 is 0 Å². The Morgan fingerprint density at radius 2 is 2.18 bits per heavy atom. The summed E-state index contributed by atoms with van der Waals surface area (Å²) in [7, 11) is 0. The molecule has 2 N–H and O–H groups in total. The number of rotatable bonds is 4. The van der Waals surface area contributed by atoms with Crippen LogP contribution in [0.2, 0.25) is 0 Å². The van der Waals surface area contributed by atoms with E-state index in [4.69, 9.17) is 10.5 Å². The number of hydrogen-bond donors (Lipinski definition) is 1. The largest absolute Gasteiger partial charge is 0.381 e. The molecule has 2 rings (SSSR count). The molecule has 17 heavy (non-hydrogen) atoms. The molecular formula is C13H23N3O. The fourth-order valence-electron chi connectivity index (χ4n) is 2.33. The minimum atomic E-state index is -0.173. The average Bonchev–Trinajstić information content (AvgIpc) is 2.65. The minimum Gasteiger partial charge on any atom is -0.381 e. The van der Waals surface area contributed by atoms with Crippen LogP contribution >= 0.6 is 0 Å². The summed E-state index contributed by atoms with van der Waals surface area (Å²) in [4.78, 5) is 4.25. The summed E-state index contributed by atoms with van der Waals surface area (Å²) < 4.78 is 7.64. The van der Waals surface area contributed by atoms with Crippen molar-refractivity contribution in [2.75, 3.05) is 13.2 Å². The zero-order valence-electron chi connectivity index (χ0n) is 10.9. The quantitative estimate of drug-likeness (QED) is 0.865. The van der Waals surface area contributed by atoms with Gasteiger partial charge in [-0.15, -0.1) is 0 Å². The van der Waals surface area contributed by atoms with E-state index in [1.165, 1.54) is 5.69 Å². The summed E-state index contributed by atoms with van der Waals surface area (Å²) in [6.07, 6.45) is 7.05. The van der Waals surface area contributed by atoms with Crippen molar-refractivity contribution in [3.05, 3.63) is 18.2 Å². The molecule has 1 aromatic rings. The average molecular weight is 237 g/mol. The van der Waals surface area contributed by atoms with Gasteiger partial charge in [-0.2, -0.15) is 0 Å². The second-order valence-corrected chi connectivity index (χ2v) is 5.76. The summed E-state index contributed by atoms with van der Waals surface area (Å²) in [6, 6.07) is 0. The van der Waals surface area contributed by atoms with Gasteiger partial charge < -0.3 is 15.0 Å². The summed E-state index contributed by atoms with van der Waals surface area (Å²) >= 11 is 0. The lowest BCUT2D eigenvalue weighted by molar-refractivity contribution is 0.0609.